The number of fused-ring (bicyclic) bond motifs is 1. The van der Waals surface area contributed by atoms with Crippen molar-refractivity contribution in [3.05, 3.63) is 150 Å². The summed E-state index contributed by atoms with van der Waals surface area (Å²) in [4.78, 5) is 6.58. The first-order valence-electron chi connectivity index (χ1n) is 15.2. The average molecular weight is 636 g/mol. The van der Waals surface area contributed by atoms with Crippen LogP contribution in [-0.4, -0.2) is 49.6 Å². The molecule has 1 unspecified atom stereocenters. The van der Waals surface area contributed by atoms with Gasteiger partial charge in [0.25, 0.3) is 10.0 Å². The zero-order valence-corrected chi connectivity index (χ0v) is 26.4. The Bertz CT molecular complexity index is 1890. The summed E-state index contributed by atoms with van der Waals surface area (Å²) in [6.45, 7) is 5.14. The molecular weight excluding hydrogens is 598 g/mol. The number of ether oxygens (including phenoxy) is 2. The Kier molecular flexibility index (Phi) is 9.58. The molecule has 4 aromatic carbocycles. The Labute approximate surface area is 270 Å². The molecule has 1 aliphatic heterocycles. The molecular formula is C37H37N3O5S. The topological polar surface area (TPSA) is 101 Å². The summed E-state index contributed by atoms with van der Waals surface area (Å²) in [6.07, 6.45) is 1.99. The average Bonchev–Trinajstić information content (AvgIpc) is 3.08. The van der Waals surface area contributed by atoms with Gasteiger partial charge >= 0.3 is 0 Å². The molecule has 6 rings (SSSR count). The number of rotatable bonds is 11. The summed E-state index contributed by atoms with van der Waals surface area (Å²) in [7, 11) is -1.93. The van der Waals surface area contributed by atoms with Gasteiger partial charge in [-0.2, -0.15) is 0 Å². The number of anilines is 1. The molecule has 1 aromatic heterocycles. The minimum Gasteiger partial charge on any atom is -0.392 e. The van der Waals surface area contributed by atoms with E-state index in [1.165, 1.54) is 0 Å². The molecule has 46 heavy (non-hydrogen) atoms. The van der Waals surface area contributed by atoms with Crippen LogP contribution < -0.4 is 4.72 Å². The van der Waals surface area contributed by atoms with E-state index in [1.807, 2.05) is 73.8 Å². The van der Waals surface area contributed by atoms with Crippen LogP contribution in [0.5, 0.6) is 0 Å². The number of benzene rings is 4. The van der Waals surface area contributed by atoms with Crippen molar-refractivity contribution in [1.29, 1.82) is 0 Å². The normalized spacial score (nSPS) is 20.1. The van der Waals surface area contributed by atoms with Crippen molar-refractivity contribution in [2.45, 2.75) is 35.9 Å². The lowest BCUT2D eigenvalue weighted by molar-refractivity contribution is -0.263. The van der Waals surface area contributed by atoms with Crippen molar-refractivity contribution in [3.63, 3.8) is 0 Å². The Morgan fingerprint density at radius 3 is 2.39 bits per heavy atom. The molecule has 0 amide bonds. The molecule has 0 bridgehead atoms. The zero-order valence-electron chi connectivity index (χ0n) is 25.6. The number of sulfonamides is 1. The lowest BCUT2D eigenvalue weighted by Crippen LogP contribution is -2.43. The quantitative estimate of drug-likeness (QED) is 0.158. The van der Waals surface area contributed by atoms with Gasteiger partial charge in [0.1, 0.15) is 4.90 Å². The number of para-hydroxylation sites is 1. The minimum absolute atomic E-state index is 0.0494. The van der Waals surface area contributed by atoms with Crippen LogP contribution in [0.15, 0.2) is 133 Å². The van der Waals surface area contributed by atoms with Crippen LogP contribution in [0.3, 0.4) is 0 Å². The van der Waals surface area contributed by atoms with Gasteiger partial charge in [-0.25, -0.2) is 8.42 Å². The van der Waals surface area contributed by atoms with Gasteiger partial charge in [-0.05, 0) is 48.0 Å². The van der Waals surface area contributed by atoms with Crippen molar-refractivity contribution in [2.24, 2.45) is 0 Å². The second-order valence-corrected chi connectivity index (χ2v) is 13.1. The second-order valence-electron chi connectivity index (χ2n) is 11.5. The third kappa shape index (κ3) is 6.89. The number of nitrogens with zero attached hydrogens (tertiary/aromatic N) is 2. The molecule has 5 aromatic rings. The van der Waals surface area contributed by atoms with Gasteiger partial charge in [0.05, 0.1) is 24.3 Å². The molecule has 236 valence electrons. The highest BCUT2D eigenvalue weighted by molar-refractivity contribution is 7.93. The van der Waals surface area contributed by atoms with E-state index in [-0.39, 0.29) is 23.5 Å². The smallest absolute Gasteiger partial charge is 0.264 e. The molecule has 1 saturated heterocycles. The van der Waals surface area contributed by atoms with Gasteiger partial charge in [0.15, 0.2) is 6.29 Å². The first kappa shape index (κ1) is 31.6. The Balaban J connectivity index is 1.36. The number of hydrogen-bond donors (Lipinski definition) is 2. The van der Waals surface area contributed by atoms with E-state index in [0.717, 1.165) is 22.1 Å². The predicted molar refractivity (Wildman–Crippen MR) is 180 cm³/mol. The molecule has 8 nitrogen and oxygen atoms in total. The van der Waals surface area contributed by atoms with E-state index in [9.17, 15) is 13.5 Å². The van der Waals surface area contributed by atoms with Crippen LogP contribution in [0.4, 0.5) is 5.69 Å². The molecule has 0 aliphatic carbocycles. The predicted octanol–water partition coefficient (Wildman–Crippen LogP) is 6.58. The highest BCUT2D eigenvalue weighted by Crippen LogP contribution is 2.47. The third-order valence-electron chi connectivity index (χ3n) is 8.20. The summed E-state index contributed by atoms with van der Waals surface area (Å²) in [5.41, 5.74) is 4.31. The highest BCUT2D eigenvalue weighted by atomic mass is 32.2. The Morgan fingerprint density at radius 1 is 0.891 bits per heavy atom. The third-order valence-corrected chi connectivity index (χ3v) is 9.61. The van der Waals surface area contributed by atoms with Gasteiger partial charge < -0.3 is 19.5 Å². The molecule has 0 radical (unpaired) electrons. The maximum absolute atomic E-state index is 13.6. The number of pyridine rings is 1. The van der Waals surface area contributed by atoms with Crippen LogP contribution >= 0.6 is 0 Å². The number of likely N-dealkylation sites (N-methyl/N-ethyl adjacent to an activating group) is 1. The standard InChI is InChI=1S/C37H37N3O5S/c1-3-22-40(2)24-32-34(27-10-5-4-6-11-27)36(29-19-17-26(25-41)18-20-29)45-37(44-32)30-13-7-15-31(23-30)39-46(42,43)33-16-8-12-28-14-9-21-38-35(28)33/h3-21,23,32,34,36-37,39,41H,1,22,24-25H2,2H3/t32-,34-,36+,37?/m1/s1. The summed E-state index contributed by atoms with van der Waals surface area (Å²) >= 11 is 0. The van der Waals surface area contributed by atoms with Gasteiger partial charge in [-0.15, -0.1) is 6.58 Å². The molecule has 9 heteroatoms. The SMILES string of the molecule is C=CCN(C)C[C@H]1OC(c2cccc(NS(=O)(=O)c3cccc4cccnc34)c2)O[C@@H](c2ccc(CO)cc2)[C@@H]1c1ccccc1. The van der Waals surface area contributed by atoms with Gasteiger partial charge in [-0.3, -0.25) is 9.71 Å². The number of aliphatic hydroxyl groups excluding tert-OH is 1. The Hall–Kier alpha value is -4.38. The van der Waals surface area contributed by atoms with Crippen molar-refractivity contribution in [1.82, 2.24) is 9.88 Å². The summed E-state index contributed by atoms with van der Waals surface area (Å²) in [5.74, 6) is -0.148. The first-order chi connectivity index (χ1) is 22.4. The fraction of sp³-hybridized carbons (Fsp3) is 0.216. The zero-order chi connectivity index (χ0) is 32.1. The van der Waals surface area contributed by atoms with Crippen molar-refractivity contribution in [3.8, 4) is 0 Å². The number of nitrogens with one attached hydrogen (secondary N) is 1. The van der Waals surface area contributed by atoms with E-state index < -0.39 is 22.4 Å². The number of aromatic nitrogens is 1. The highest BCUT2D eigenvalue weighted by Gasteiger charge is 2.42. The maximum Gasteiger partial charge on any atom is 0.264 e. The largest absolute Gasteiger partial charge is 0.392 e. The lowest BCUT2D eigenvalue weighted by atomic mass is 9.83. The first-order valence-corrected chi connectivity index (χ1v) is 16.7. The maximum atomic E-state index is 13.6. The van der Waals surface area contributed by atoms with Crippen molar-refractivity contribution in [2.75, 3.05) is 24.9 Å². The van der Waals surface area contributed by atoms with E-state index in [1.54, 1.807) is 42.6 Å². The molecule has 2 heterocycles. The summed E-state index contributed by atoms with van der Waals surface area (Å²) in [6, 6.07) is 33.8. The molecule has 1 aliphatic rings. The lowest BCUT2D eigenvalue weighted by Gasteiger charge is -2.44. The van der Waals surface area contributed by atoms with Crippen molar-refractivity contribution >= 4 is 26.6 Å². The van der Waals surface area contributed by atoms with E-state index >= 15 is 0 Å². The van der Waals surface area contributed by atoms with E-state index in [0.29, 0.717) is 29.9 Å². The minimum atomic E-state index is -3.96. The Morgan fingerprint density at radius 2 is 1.63 bits per heavy atom. The fourth-order valence-electron chi connectivity index (χ4n) is 6.02. The van der Waals surface area contributed by atoms with Crippen LogP contribution in [0.2, 0.25) is 0 Å². The molecule has 2 N–H and O–H groups in total. The molecule has 0 spiro atoms. The van der Waals surface area contributed by atoms with Crippen molar-refractivity contribution < 1.29 is 23.0 Å². The fourth-order valence-corrected chi connectivity index (χ4v) is 7.25. The van der Waals surface area contributed by atoms with Gasteiger partial charge in [-0.1, -0.05) is 91.0 Å². The van der Waals surface area contributed by atoms with Gasteiger partial charge in [0.2, 0.25) is 0 Å². The van der Waals surface area contributed by atoms with Crippen LogP contribution in [-0.2, 0) is 26.1 Å². The van der Waals surface area contributed by atoms with Gasteiger partial charge in [0, 0.05) is 41.8 Å². The molecule has 1 fully saturated rings. The summed E-state index contributed by atoms with van der Waals surface area (Å²) < 4.78 is 43.4. The van der Waals surface area contributed by atoms with Crippen LogP contribution in [0.1, 0.15) is 40.6 Å². The number of hydrogen-bond acceptors (Lipinski definition) is 7. The van der Waals surface area contributed by atoms with Crippen LogP contribution in [0.25, 0.3) is 10.9 Å². The number of aliphatic hydroxyl groups is 1. The molecule has 4 atom stereocenters. The second kappa shape index (κ2) is 13.9. The van der Waals surface area contributed by atoms with E-state index in [4.69, 9.17) is 9.47 Å². The monoisotopic (exact) mass is 635 g/mol. The van der Waals surface area contributed by atoms with E-state index in [2.05, 4.69) is 33.3 Å². The van der Waals surface area contributed by atoms with Crippen LogP contribution in [0, 0.1) is 0 Å². The molecule has 0 saturated carbocycles. The summed E-state index contributed by atoms with van der Waals surface area (Å²) in [5, 5.41) is 10.4.